The molecule has 1 fully saturated rings. The van der Waals surface area contributed by atoms with Crippen LogP contribution in [0.5, 0.6) is 0 Å². The van der Waals surface area contributed by atoms with E-state index in [2.05, 4.69) is 5.32 Å². The molecule has 7 heteroatoms. The van der Waals surface area contributed by atoms with Crippen LogP contribution in [0.2, 0.25) is 0 Å². The van der Waals surface area contributed by atoms with Gasteiger partial charge in [-0.25, -0.2) is 4.79 Å². The number of primary amides is 1. The highest BCUT2D eigenvalue weighted by atomic mass is 16.4. The van der Waals surface area contributed by atoms with Crippen molar-refractivity contribution in [2.75, 3.05) is 13.1 Å². The van der Waals surface area contributed by atoms with E-state index in [0.29, 0.717) is 25.9 Å². The number of likely N-dealkylation sites (tertiary alicyclic amines) is 1. The zero-order valence-electron chi connectivity index (χ0n) is 11.6. The van der Waals surface area contributed by atoms with Crippen LogP contribution in [0.25, 0.3) is 0 Å². The average molecular weight is 285 g/mol. The number of carbonyl (C=O) groups excluding carboxylic acids is 2. The van der Waals surface area contributed by atoms with Gasteiger partial charge in [0, 0.05) is 32.0 Å². The highest BCUT2D eigenvalue weighted by Crippen LogP contribution is 2.20. The van der Waals surface area contributed by atoms with Crippen LogP contribution in [-0.2, 0) is 9.59 Å². The Morgan fingerprint density at radius 1 is 1.25 bits per heavy atom. The smallest absolute Gasteiger partial charge is 0.317 e. The molecule has 1 unspecified atom stereocenters. The molecule has 1 atom stereocenters. The standard InChI is InChI=1S/C13H23N3O4/c14-11(17)5-3-8-15-13(20)16-9-2-1-4-10(16)6-7-12(18)19/h10H,1-9H2,(H2,14,17)(H,15,20)(H,18,19). The summed E-state index contributed by atoms with van der Waals surface area (Å²) in [6.07, 6.45) is 4.16. The van der Waals surface area contributed by atoms with Crippen LogP contribution in [0.1, 0.15) is 44.9 Å². The lowest BCUT2D eigenvalue weighted by molar-refractivity contribution is -0.137. The Hall–Kier alpha value is -1.79. The number of amides is 3. The number of aliphatic carboxylic acids is 1. The van der Waals surface area contributed by atoms with Gasteiger partial charge in [0.05, 0.1) is 0 Å². The van der Waals surface area contributed by atoms with E-state index in [1.54, 1.807) is 4.90 Å². The summed E-state index contributed by atoms with van der Waals surface area (Å²) in [5.74, 6) is -1.21. The molecule has 0 spiro atoms. The molecule has 0 aliphatic carbocycles. The summed E-state index contributed by atoms with van der Waals surface area (Å²) in [6, 6.07) is -0.180. The minimum Gasteiger partial charge on any atom is -0.481 e. The number of urea groups is 1. The van der Waals surface area contributed by atoms with Crippen molar-refractivity contribution in [2.45, 2.75) is 51.0 Å². The maximum Gasteiger partial charge on any atom is 0.317 e. The van der Waals surface area contributed by atoms with Crippen molar-refractivity contribution < 1.29 is 19.5 Å². The molecular weight excluding hydrogens is 262 g/mol. The van der Waals surface area contributed by atoms with Gasteiger partial charge in [-0.3, -0.25) is 9.59 Å². The van der Waals surface area contributed by atoms with Crippen molar-refractivity contribution in [3.63, 3.8) is 0 Å². The van der Waals surface area contributed by atoms with Gasteiger partial charge in [0.15, 0.2) is 0 Å². The van der Waals surface area contributed by atoms with E-state index in [0.717, 1.165) is 19.3 Å². The Labute approximate surface area is 118 Å². The summed E-state index contributed by atoms with van der Waals surface area (Å²) >= 11 is 0. The van der Waals surface area contributed by atoms with Gasteiger partial charge >= 0.3 is 12.0 Å². The maximum atomic E-state index is 12.0. The molecule has 114 valence electrons. The van der Waals surface area contributed by atoms with Crippen molar-refractivity contribution >= 4 is 17.9 Å². The molecule has 0 saturated carbocycles. The fourth-order valence-corrected chi connectivity index (χ4v) is 2.42. The first-order chi connectivity index (χ1) is 9.50. The lowest BCUT2D eigenvalue weighted by Crippen LogP contribution is -2.49. The Morgan fingerprint density at radius 3 is 2.65 bits per heavy atom. The number of hydrogen-bond donors (Lipinski definition) is 3. The molecule has 1 aliphatic rings. The second-order valence-electron chi connectivity index (χ2n) is 5.08. The monoisotopic (exact) mass is 285 g/mol. The van der Waals surface area contributed by atoms with E-state index >= 15 is 0 Å². The number of nitrogens with one attached hydrogen (secondary N) is 1. The van der Waals surface area contributed by atoms with E-state index in [1.165, 1.54) is 0 Å². The van der Waals surface area contributed by atoms with Gasteiger partial charge in [0.2, 0.25) is 5.91 Å². The Balaban J connectivity index is 2.37. The van der Waals surface area contributed by atoms with Crippen LogP contribution in [-0.4, -0.2) is 47.0 Å². The molecular formula is C13H23N3O4. The second-order valence-corrected chi connectivity index (χ2v) is 5.08. The van der Waals surface area contributed by atoms with Gasteiger partial charge in [0.25, 0.3) is 0 Å². The summed E-state index contributed by atoms with van der Waals surface area (Å²) in [5.41, 5.74) is 5.02. The Bertz CT molecular complexity index is 360. The van der Waals surface area contributed by atoms with Crippen LogP contribution in [0.3, 0.4) is 0 Å². The van der Waals surface area contributed by atoms with Crippen LogP contribution < -0.4 is 11.1 Å². The lowest BCUT2D eigenvalue weighted by Gasteiger charge is -2.35. The van der Waals surface area contributed by atoms with Gasteiger partial charge in [-0.1, -0.05) is 0 Å². The third-order valence-electron chi connectivity index (χ3n) is 3.46. The molecule has 3 amide bonds. The van der Waals surface area contributed by atoms with Crippen molar-refractivity contribution in [2.24, 2.45) is 5.73 Å². The van der Waals surface area contributed by atoms with Gasteiger partial charge in [-0.2, -0.15) is 0 Å². The average Bonchev–Trinajstić information content (AvgIpc) is 2.41. The van der Waals surface area contributed by atoms with Gasteiger partial charge in [0.1, 0.15) is 0 Å². The minimum absolute atomic E-state index is 0.00371. The minimum atomic E-state index is -0.836. The number of carboxylic acid groups (broad SMARTS) is 1. The van der Waals surface area contributed by atoms with Crippen molar-refractivity contribution in [3.05, 3.63) is 0 Å². The SMILES string of the molecule is NC(=O)CCCNC(=O)N1CCCCC1CCC(=O)O. The number of hydrogen-bond acceptors (Lipinski definition) is 3. The number of piperidine rings is 1. The summed E-state index contributed by atoms with van der Waals surface area (Å²) in [7, 11) is 0. The first-order valence-electron chi connectivity index (χ1n) is 7.05. The number of nitrogens with zero attached hydrogens (tertiary/aromatic N) is 1. The van der Waals surface area contributed by atoms with Crippen LogP contribution in [0.15, 0.2) is 0 Å². The quantitative estimate of drug-likeness (QED) is 0.597. The number of rotatable bonds is 7. The lowest BCUT2D eigenvalue weighted by atomic mass is 9.98. The molecule has 0 aromatic rings. The first-order valence-corrected chi connectivity index (χ1v) is 7.05. The van der Waals surface area contributed by atoms with E-state index in [1.807, 2.05) is 0 Å². The van der Waals surface area contributed by atoms with E-state index < -0.39 is 5.97 Å². The van der Waals surface area contributed by atoms with Gasteiger partial charge < -0.3 is 21.1 Å². The predicted octanol–water partition coefficient (Wildman–Crippen LogP) is 0.681. The summed E-state index contributed by atoms with van der Waals surface area (Å²) in [5, 5.41) is 11.5. The summed E-state index contributed by atoms with van der Waals surface area (Å²) in [6.45, 7) is 1.07. The molecule has 20 heavy (non-hydrogen) atoms. The zero-order valence-corrected chi connectivity index (χ0v) is 11.6. The largest absolute Gasteiger partial charge is 0.481 e. The van der Waals surface area contributed by atoms with Crippen molar-refractivity contribution in [1.82, 2.24) is 10.2 Å². The molecule has 1 heterocycles. The molecule has 1 rings (SSSR count). The van der Waals surface area contributed by atoms with Gasteiger partial charge in [-0.15, -0.1) is 0 Å². The third-order valence-corrected chi connectivity index (χ3v) is 3.46. The first kappa shape index (κ1) is 16.3. The molecule has 7 nitrogen and oxygen atoms in total. The fraction of sp³-hybridized carbons (Fsp3) is 0.769. The number of nitrogens with two attached hydrogens (primary N) is 1. The summed E-state index contributed by atoms with van der Waals surface area (Å²) in [4.78, 5) is 35.0. The van der Waals surface area contributed by atoms with Crippen LogP contribution in [0, 0.1) is 0 Å². The Kier molecular flexibility index (Phi) is 6.83. The fourth-order valence-electron chi connectivity index (χ4n) is 2.42. The summed E-state index contributed by atoms with van der Waals surface area (Å²) < 4.78 is 0. The van der Waals surface area contributed by atoms with Crippen LogP contribution in [0.4, 0.5) is 4.79 Å². The van der Waals surface area contributed by atoms with E-state index in [4.69, 9.17) is 10.8 Å². The molecule has 0 bridgehead atoms. The van der Waals surface area contributed by atoms with E-state index in [-0.39, 0.29) is 30.8 Å². The maximum absolute atomic E-state index is 12.0. The predicted molar refractivity (Wildman–Crippen MR) is 73.0 cm³/mol. The Morgan fingerprint density at radius 2 is 2.00 bits per heavy atom. The molecule has 4 N–H and O–H groups in total. The highest BCUT2D eigenvalue weighted by molar-refractivity contribution is 5.75. The highest BCUT2D eigenvalue weighted by Gasteiger charge is 2.26. The third kappa shape index (κ3) is 5.90. The topological polar surface area (TPSA) is 113 Å². The zero-order chi connectivity index (χ0) is 15.0. The molecule has 0 aromatic heterocycles. The second kappa shape index (κ2) is 8.39. The van der Waals surface area contributed by atoms with E-state index in [9.17, 15) is 14.4 Å². The molecule has 1 aliphatic heterocycles. The number of carbonyl (C=O) groups is 3. The number of carboxylic acids is 1. The molecule has 0 radical (unpaired) electrons. The van der Waals surface area contributed by atoms with Crippen LogP contribution >= 0.6 is 0 Å². The van der Waals surface area contributed by atoms with Crippen molar-refractivity contribution in [3.8, 4) is 0 Å². The normalized spacial score (nSPS) is 18.6. The van der Waals surface area contributed by atoms with Gasteiger partial charge in [-0.05, 0) is 32.1 Å². The molecule has 1 saturated heterocycles. The van der Waals surface area contributed by atoms with Crippen molar-refractivity contribution in [1.29, 1.82) is 0 Å². The molecule has 0 aromatic carbocycles.